The average Bonchev–Trinajstić information content (AvgIpc) is 3.20. The van der Waals surface area contributed by atoms with Gasteiger partial charge in [-0.25, -0.2) is 0 Å². The molecule has 7 unspecified atom stereocenters. The lowest BCUT2D eigenvalue weighted by atomic mass is 9.46. The highest BCUT2D eigenvalue weighted by Gasteiger charge is 2.53. The average molecular weight is 713 g/mol. The van der Waals surface area contributed by atoms with Gasteiger partial charge < -0.3 is 4.90 Å². The van der Waals surface area contributed by atoms with Crippen LogP contribution in [-0.4, -0.2) is 48.1 Å². The SMILES string of the molecule is CCN(CC)C1CCC(/C(=C/C=C/C2CCC3CCC4CCCC5CCC2C3C45)C2CCC(N(CC3CCCCC3)CC3CCCCC3)CC2)CC1. The number of rotatable bonds is 12. The normalized spacial score (nSPS) is 41.1. The molecule has 0 aromatic carbocycles. The van der Waals surface area contributed by atoms with Crippen LogP contribution in [0.25, 0.3) is 0 Å². The van der Waals surface area contributed by atoms with Gasteiger partial charge in [0.2, 0.25) is 0 Å². The van der Waals surface area contributed by atoms with Crippen LogP contribution in [0.4, 0.5) is 0 Å². The summed E-state index contributed by atoms with van der Waals surface area (Å²) in [5, 5.41) is 0. The molecule has 8 aliphatic rings. The van der Waals surface area contributed by atoms with Gasteiger partial charge in [-0.15, -0.1) is 0 Å². The zero-order valence-electron chi connectivity index (χ0n) is 34.6. The molecule has 0 aliphatic heterocycles. The second kappa shape index (κ2) is 18.6. The van der Waals surface area contributed by atoms with Crippen molar-refractivity contribution in [3.8, 4) is 0 Å². The number of hydrogen-bond acceptors (Lipinski definition) is 2. The van der Waals surface area contributed by atoms with Gasteiger partial charge in [0.05, 0.1) is 0 Å². The highest BCUT2D eigenvalue weighted by Crippen LogP contribution is 2.61. The lowest BCUT2D eigenvalue weighted by Gasteiger charge is -2.59. The molecule has 52 heavy (non-hydrogen) atoms. The van der Waals surface area contributed by atoms with Crippen molar-refractivity contribution in [2.75, 3.05) is 26.2 Å². The van der Waals surface area contributed by atoms with Gasteiger partial charge in [0, 0.05) is 25.2 Å². The van der Waals surface area contributed by atoms with Crippen LogP contribution < -0.4 is 0 Å². The van der Waals surface area contributed by atoms with Gasteiger partial charge in [0.15, 0.2) is 0 Å². The van der Waals surface area contributed by atoms with Crippen LogP contribution in [0.2, 0.25) is 0 Å². The van der Waals surface area contributed by atoms with Crippen LogP contribution in [0.5, 0.6) is 0 Å². The van der Waals surface area contributed by atoms with Crippen molar-refractivity contribution in [3.05, 3.63) is 23.8 Å². The number of nitrogens with zero attached hydrogens (tertiary/aromatic N) is 2. The molecule has 2 heteroatoms. The molecule has 0 amide bonds. The predicted molar refractivity (Wildman–Crippen MR) is 222 cm³/mol. The molecular formula is C50H84N2. The molecule has 8 fully saturated rings. The van der Waals surface area contributed by atoms with Crippen molar-refractivity contribution < 1.29 is 0 Å². The van der Waals surface area contributed by atoms with Crippen molar-refractivity contribution in [2.24, 2.45) is 65.1 Å². The van der Waals surface area contributed by atoms with Crippen molar-refractivity contribution >= 4 is 0 Å². The monoisotopic (exact) mass is 713 g/mol. The van der Waals surface area contributed by atoms with E-state index in [1.54, 1.807) is 51.4 Å². The van der Waals surface area contributed by atoms with Gasteiger partial charge in [-0.05, 0) is 194 Å². The second-order valence-electron chi connectivity index (χ2n) is 20.7. The van der Waals surface area contributed by atoms with Crippen LogP contribution in [0.3, 0.4) is 0 Å². The molecule has 0 saturated heterocycles. The van der Waals surface area contributed by atoms with Gasteiger partial charge in [-0.2, -0.15) is 0 Å². The molecule has 0 bridgehead atoms. The minimum Gasteiger partial charge on any atom is -0.301 e. The zero-order chi connectivity index (χ0) is 35.3. The Bertz CT molecular complexity index is 1100. The van der Waals surface area contributed by atoms with E-state index in [1.165, 1.54) is 148 Å². The summed E-state index contributed by atoms with van der Waals surface area (Å²) < 4.78 is 0. The van der Waals surface area contributed by atoms with Gasteiger partial charge in [-0.1, -0.05) is 95.4 Å². The molecule has 0 spiro atoms. The fraction of sp³-hybridized carbons (Fsp3) is 0.920. The first kappa shape index (κ1) is 38.3. The summed E-state index contributed by atoms with van der Waals surface area (Å²) >= 11 is 0. The smallest absolute Gasteiger partial charge is 0.00959 e. The summed E-state index contributed by atoms with van der Waals surface area (Å²) in [6, 6.07) is 1.69. The van der Waals surface area contributed by atoms with E-state index in [-0.39, 0.29) is 0 Å². The third-order valence-electron chi connectivity index (χ3n) is 18.2. The maximum absolute atomic E-state index is 3.12. The fourth-order valence-electron chi connectivity index (χ4n) is 15.6. The van der Waals surface area contributed by atoms with Gasteiger partial charge in [0.1, 0.15) is 0 Å². The molecular weight excluding hydrogens is 629 g/mol. The molecule has 8 rings (SSSR count). The first-order valence-corrected chi connectivity index (χ1v) is 24.5. The van der Waals surface area contributed by atoms with E-state index >= 15 is 0 Å². The minimum absolute atomic E-state index is 0.830. The summed E-state index contributed by atoms with van der Waals surface area (Å²) in [6.07, 6.45) is 48.9. The van der Waals surface area contributed by atoms with Crippen molar-refractivity contribution in [1.29, 1.82) is 0 Å². The molecule has 0 heterocycles. The summed E-state index contributed by atoms with van der Waals surface area (Å²) in [5.41, 5.74) is 1.92. The van der Waals surface area contributed by atoms with Crippen molar-refractivity contribution in [1.82, 2.24) is 9.80 Å². The highest BCUT2D eigenvalue weighted by molar-refractivity contribution is 5.21. The largest absolute Gasteiger partial charge is 0.301 e. The number of allylic oxidation sites excluding steroid dienone is 4. The summed E-state index contributed by atoms with van der Waals surface area (Å²) in [6.45, 7) is 10.1. The fourth-order valence-corrected chi connectivity index (χ4v) is 15.6. The first-order valence-electron chi connectivity index (χ1n) is 24.5. The van der Waals surface area contributed by atoms with E-state index in [2.05, 4.69) is 41.9 Å². The maximum atomic E-state index is 3.12. The van der Waals surface area contributed by atoms with Gasteiger partial charge >= 0.3 is 0 Å². The predicted octanol–water partition coefficient (Wildman–Crippen LogP) is 13.3. The molecule has 8 saturated carbocycles. The second-order valence-corrected chi connectivity index (χ2v) is 20.7. The third kappa shape index (κ3) is 8.84. The lowest BCUT2D eigenvalue weighted by Crippen LogP contribution is -2.51. The molecule has 0 N–H and O–H groups in total. The first-order chi connectivity index (χ1) is 25.7. The summed E-state index contributed by atoms with van der Waals surface area (Å²) in [4.78, 5) is 5.89. The number of hydrogen-bond donors (Lipinski definition) is 0. The van der Waals surface area contributed by atoms with E-state index in [0.717, 1.165) is 77.2 Å². The third-order valence-corrected chi connectivity index (χ3v) is 18.2. The van der Waals surface area contributed by atoms with Crippen molar-refractivity contribution in [2.45, 2.75) is 199 Å². The molecule has 0 aromatic rings. The Balaban J connectivity index is 0.959. The Labute approximate surface area is 323 Å². The molecule has 0 radical (unpaired) electrons. The van der Waals surface area contributed by atoms with E-state index in [9.17, 15) is 0 Å². The summed E-state index contributed by atoms with van der Waals surface area (Å²) in [7, 11) is 0. The highest BCUT2D eigenvalue weighted by atomic mass is 15.2. The Kier molecular flexibility index (Phi) is 13.7. The van der Waals surface area contributed by atoms with Crippen LogP contribution in [-0.2, 0) is 0 Å². The molecule has 8 aliphatic carbocycles. The van der Waals surface area contributed by atoms with Crippen molar-refractivity contribution in [3.63, 3.8) is 0 Å². The topological polar surface area (TPSA) is 6.48 Å². The van der Waals surface area contributed by atoms with E-state index in [0.29, 0.717) is 0 Å². The molecule has 0 aromatic heterocycles. The van der Waals surface area contributed by atoms with Crippen LogP contribution in [0, 0.1) is 65.1 Å². The summed E-state index contributed by atoms with van der Waals surface area (Å²) in [5.74, 6) is 11.0. The molecule has 294 valence electrons. The van der Waals surface area contributed by atoms with Gasteiger partial charge in [-0.3, -0.25) is 4.90 Å². The Morgan fingerprint density at radius 3 is 1.52 bits per heavy atom. The standard InChI is InChI=1S/C50H84N2/c1-3-51(4-2)45-30-25-40(26-31-45)47(20-12-17-39-21-22-44-24-23-42-18-11-19-43-29-34-48(39)50(44)49(42)43)41-27-32-46(33-28-41)52(35-37-13-7-5-8-14-37)36-38-15-9-6-10-16-38/h12,17,20,37-46,48-50H,3-11,13-16,18-19,21-36H2,1-2H3/b17-12+,47-20-. The van der Waals surface area contributed by atoms with Gasteiger partial charge in [0.25, 0.3) is 0 Å². The quantitative estimate of drug-likeness (QED) is 0.186. The Morgan fingerprint density at radius 1 is 0.462 bits per heavy atom. The molecule has 2 nitrogen and oxygen atoms in total. The van der Waals surface area contributed by atoms with E-state index in [1.807, 2.05) is 5.57 Å². The van der Waals surface area contributed by atoms with E-state index < -0.39 is 0 Å². The Hall–Kier alpha value is -0.600. The lowest BCUT2D eigenvalue weighted by molar-refractivity contribution is -0.0889. The van der Waals surface area contributed by atoms with Crippen LogP contribution >= 0.6 is 0 Å². The zero-order valence-corrected chi connectivity index (χ0v) is 34.6. The Morgan fingerprint density at radius 2 is 0.962 bits per heavy atom. The van der Waals surface area contributed by atoms with E-state index in [4.69, 9.17) is 0 Å². The van der Waals surface area contributed by atoms with Crippen LogP contribution in [0.1, 0.15) is 187 Å². The molecule has 7 atom stereocenters. The maximum Gasteiger partial charge on any atom is 0.00959 e. The minimum atomic E-state index is 0.830. The van der Waals surface area contributed by atoms with Crippen LogP contribution in [0.15, 0.2) is 23.8 Å².